The molecule has 2 aromatic carbocycles. The van der Waals surface area contributed by atoms with E-state index in [2.05, 4.69) is 10.4 Å². The Hall–Kier alpha value is -2.92. The molecule has 5 heteroatoms. The van der Waals surface area contributed by atoms with E-state index in [-0.39, 0.29) is 12.0 Å². The lowest BCUT2D eigenvalue weighted by atomic mass is 10.1. The maximum Gasteiger partial charge on any atom is 0.256 e. The van der Waals surface area contributed by atoms with Crippen LogP contribution in [0.15, 0.2) is 66.9 Å². The number of hydrogen-bond donors (Lipinski definition) is 1. The van der Waals surface area contributed by atoms with Gasteiger partial charge in [-0.25, -0.2) is 4.68 Å². The van der Waals surface area contributed by atoms with Gasteiger partial charge in [0.25, 0.3) is 5.91 Å². The van der Waals surface area contributed by atoms with Gasteiger partial charge in [-0.2, -0.15) is 5.10 Å². The fourth-order valence-electron chi connectivity index (χ4n) is 2.52. The third kappa shape index (κ3) is 4.80. The molecule has 1 aromatic heterocycles. The van der Waals surface area contributed by atoms with Gasteiger partial charge in [0.05, 0.1) is 25.5 Å². The van der Waals surface area contributed by atoms with Crippen molar-refractivity contribution in [2.45, 2.75) is 33.1 Å². The van der Waals surface area contributed by atoms with Crippen molar-refractivity contribution in [1.29, 1.82) is 0 Å². The Kier molecular flexibility index (Phi) is 5.81. The van der Waals surface area contributed by atoms with Crippen LogP contribution in [0.2, 0.25) is 0 Å². The van der Waals surface area contributed by atoms with Crippen molar-refractivity contribution < 1.29 is 9.53 Å². The molecule has 1 N–H and O–H groups in total. The van der Waals surface area contributed by atoms with Gasteiger partial charge in [-0.05, 0) is 37.1 Å². The van der Waals surface area contributed by atoms with Gasteiger partial charge in [0.1, 0.15) is 5.82 Å². The van der Waals surface area contributed by atoms with Gasteiger partial charge >= 0.3 is 0 Å². The lowest BCUT2D eigenvalue weighted by Crippen LogP contribution is -2.16. The van der Waals surface area contributed by atoms with Gasteiger partial charge in [-0.3, -0.25) is 4.79 Å². The van der Waals surface area contributed by atoms with E-state index in [1.165, 1.54) is 0 Å². The average Bonchev–Trinajstić information content (AvgIpc) is 3.08. The van der Waals surface area contributed by atoms with E-state index >= 15 is 0 Å². The number of ether oxygens (including phenoxy) is 1. The van der Waals surface area contributed by atoms with Crippen molar-refractivity contribution in [1.82, 2.24) is 9.78 Å². The summed E-state index contributed by atoms with van der Waals surface area (Å²) in [5.74, 6) is 0.516. The molecule has 0 aliphatic carbocycles. The average molecular weight is 349 g/mol. The summed E-state index contributed by atoms with van der Waals surface area (Å²) in [4.78, 5) is 12.5. The molecule has 1 amide bonds. The zero-order chi connectivity index (χ0) is 18.4. The van der Waals surface area contributed by atoms with Gasteiger partial charge in [-0.15, -0.1) is 0 Å². The second kappa shape index (κ2) is 8.45. The molecular formula is C21H23N3O2. The number of carbonyl (C=O) groups excluding carboxylic acids is 1. The molecule has 5 nitrogen and oxygen atoms in total. The summed E-state index contributed by atoms with van der Waals surface area (Å²) < 4.78 is 7.35. The Labute approximate surface area is 153 Å². The van der Waals surface area contributed by atoms with Gasteiger partial charge in [0.2, 0.25) is 0 Å². The first-order valence-corrected chi connectivity index (χ1v) is 8.69. The van der Waals surface area contributed by atoms with Gasteiger partial charge in [0.15, 0.2) is 0 Å². The molecule has 134 valence electrons. The number of carbonyl (C=O) groups is 1. The third-order valence-corrected chi connectivity index (χ3v) is 3.93. The first-order valence-electron chi connectivity index (χ1n) is 8.69. The van der Waals surface area contributed by atoms with Crippen molar-refractivity contribution in [3.8, 4) is 0 Å². The molecule has 0 fully saturated rings. The quantitative estimate of drug-likeness (QED) is 0.698. The van der Waals surface area contributed by atoms with Crippen LogP contribution in [0.3, 0.4) is 0 Å². The van der Waals surface area contributed by atoms with Crippen molar-refractivity contribution in [3.63, 3.8) is 0 Å². The molecule has 26 heavy (non-hydrogen) atoms. The molecule has 0 saturated carbocycles. The predicted molar refractivity (Wildman–Crippen MR) is 102 cm³/mol. The van der Waals surface area contributed by atoms with Crippen molar-refractivity contribution in [3.05, 3.63) is 83.6 Å². The maximum atomic E-state index is 12.5. The van der Waals surface area contributed by atoms with Crippen molar-refractivity contribution in [2.24, 2.45) is 0 Å². The second-order valence-corrected chi connectivity index (χ2v) is 6.37. The first-order chi connectivity index (χ1) is 12.6. The Bertz CT molecular complexity index is 839. The molecule has 0 spiro atoms. The normalized spacial score (nSPS) is 10.9. The van der Waals surface area contributed by atoms with E-state index in [4.69, 9.17) is 4.74 Å². The Morgan fingerprint density at radius 1 is 1.04 bits per heavy atom. The topological polar surface area (TPSA) is 56.1 Å². The van der Waals surface area contributed by atoms with Gasteiger partial charge in [0, 0.05) is 11.6 Å². The fraction of sp³-hybridized carbons (Fsp3) is 0.238. The highest BCUT2D eigenvalue weighted by Crippen LogP contribution is 2.13. The number of nitrogens with one attached hydrogen (secondary N) is 1. The molecule has 0 atom stereocenters. The molecule has 3 rings (SSSR count). The summed E-state index contributed by atoms with van der Waals surface area (Å²) in [7, 11) is 0. The number of rotatable bonds is 7. The molecule has 0 unspecified atom stereocenters. The van der Waals surface area contributed by atoms with E-state index in [9.17, 15) is 4.79 Å². The number of amides is 1. The summed E-state index contributed by atoms with van der Waals surface area (Å²) in [6, 6.07) is 19.3. The van der Waals surface area contributed by atoms with Crippen LogP contribution in [-0.4, -0.2) is 21.8 Å². The highest BCUT2D eigenvalue weighted by Gasteiger charge is 2.10. The maximum absolute atomic E-state index is 12.5. The number of anilines is 1. The smallest absolute Gasteiger partial charge is 0.256 e. The number of aromatic nitrogens is 2. The first kappa shape index (κ1) is 17.9. The number of nitrogens with zero attached hydrogens (tertiary/aromatic N) is 2. The molecule has 0 radical (unpaired) electrons. The van der Waals surface area contributed by atoms with Crippen molar-refractivity contribution in [2.75, 3.05) is 5.32 Å². The van der Waals surface area contributed by atoms with E-state index < -0.39 is 0 Å². The zero-order valence-electron chi connectivity index (χ0n) is 15.1. The van der Waals surface area contributed by atoms with Crippen LogP contribution in [-0.2, 0) is 17.9 Å². The highest BCUT2D eigenvalue weighted by atomic mass is 16.5. The zero-order valence-corrected chi connectivity index (χ0v) is 15.1. The lowest BCUT2D eigenvalue weighted by Gasteiger charge is -2.10. The van der Waals surface area contributed by atoms with Crippen LogP contribution in [0, 0.1) is 0 Å². The van der Waals surface area contributed by atoms with Crippen LogP contribution < -0.4 is 5.32 Å². The summed E-state index contributed by atoms with van der Waals surface area (Å²) in [5, 5.41) is 7.23. The summed E-state index contributed by atoms with van der Waals surface area (Å²) in [6.07, 6.45) is 1.87. The van der Waals surface area contributed by atoms with E-state index in [1.807, 2.05) is 68.4 Å². The SMILES string of the molecule is CC(C)OCc1ccc(C(=O)Nc2ccnn2Cc2ccccc2)cc1. The van der Waals surface area contributed by atoms with E-state index in [0.29, 0.717) is 24.5 Å². The van der Waals surface area contributed by atoms with E-state index in [1.54, 1.807) is 16.9 Å². The monoisotopic (exact) mass is 349 g/mol. The summed E-state index contributed by atoms with van der Waals surface area (Å²) in [5.41, 5.74) is 2.77. The summed E-state index contributed by atoms with van der Waals surface area (Å²) in [6.45, 7) is 5.15. The predicted octanol–water partition coefficient (Wildman–Crippen LogP) is 4.11. The second-order valence-electron chi connectivity index (χ2n) is 6.37. The van der Waals surface area contributed by atoms with Crippen LogP contribution >= 0.6 is 0 Å². The fourth-order valence-corrected chi connectivity index (χ4v) is 2.52. The number of hydrogen-bond acceptors (Lipinski definition) is 3. The van der Waals surface area contributed by atoms with Crippen LogP contribution in [0.25, 0.3) is 0 Å². The molecule has 3 aromatic rings. The minimum Gasteiger partial charge on any atom is -0.374 e. The van der Waals surface area contributed by atoms with Crippen LogP contribution in [0.4, 0.5) is 5.82 Å². The molecule has 0 saturated heterocycles. The number of benzene rings is 2. The molecular weight excluding hydrogens is 326 g/mol. The Morgan fingerprint density at radius 3 is 2.46 bits per heavy atom. The van der Waals surface area contributed by atoms with E-state index in [0.717, 1.165) is 11.1 Å². The van der Waals surface area contributed by atoms with Gasteiger partial charge in [-0.1, -0.05) is 42.5 Å². The Morgan fingerprint density at radius 2 is 1.77 bits per heavy atom. The standard InChI is InChI=1S/C21H23N3O2/c1-16(2)26-15-18-8-10-19(11-9-18)21(25)23-20-12-13-22-24(20)14-17-6-4-3-5-7-17/h3-13,16H,14-15H2,1-2H3,(H,23,25). The van der Waals surface area contributed by atoms with Crippen LogP contribution in [0.1, 0.15) is 35.3 Å². The highest BCUT2D eigenvalue weighted by molar-refractivity contribution is 6.03. The molecule has 0 bridgehead atoms. The van der Waals surface area contributed by atoms with Crippen molar-refractivity contribution >= 4 is 11.7 Å². The lowest BCUT2D eigenvalue weighted by molar-refractivity contribution is 0.0657. The molecule has 0 aliphatic rings. The molecule has 0 aliphatic heterocycles. The largest absolute Gasteiger partial charge is 0.374 e. The van der Waals surface area contributed by atoms with Gasteiger partial charge < -0.3 is 10.1 Å². The Balaban J connectivity index is 1.64. The minimum atomic E-state index is -0.156. The third-order valence-electron chi connectivity index (χ3n) is 3.93. The summed E-state index contributed by atoms with van der Waals surface area (Å²) >= 11 is 0. The minimum absolute atomic E-state index is 0.156. The van der Waals surface area contributed by atoms with Crippen LogP contribution in [0.5, 0.6) is 0 Å². The molecule has 1 heterocycles.